The molecule has 1 atom stereocenters. The molecule has 138 valence electrons. The normalized spacial score (nSPS) is 15.8. The summed E-state index contributed by atoms with van der Waals surface area (Å²) in [6, 6.07) is 15.8. The van der Waals surface area contributed by atoms with Gasteiger partial charge in [0.1, 0.15) is 0 Å². The maximum atomic E-state index is 12.9. The van der Waals surface area contributed by atoms with Crippen LogP contribution in [0.5, 0.6) is 0 Å². The summed E-state index contributed by atoms with van der Waals surface area (Å²) in [6.07, 6.45) is 0.896. The van der Waals surface area contributed by atoms with Crippen LogP contribution in [0.2, 0.25) is 5.02 Å². The third-order valence-corrected chi connectivity index (χ3v) is 6.08. The van der Waals surface area contributed by atoms with Crippen LogP contribution >= 0.6 is 23.4 Å². The lowest BCUT2D eigenvalue weighted by Crippen LogP contribution is -2.37. The largest absolute Gasteiger partial charge is 0.308 e. The van der Waals surface area contributed by atoms with Gasteiger partial charge in [-0.25, -0.2) is 0 Å². The molecule has 1 aromatic heterocycles. The first-order chi connectivity index (χ1) is 13.1. The highest BCUT2D eigenvalue weighted by atomic mass is 35.5. The summed E-state index contributed by atoms with van der Waals surface area (Å²) < 4.78 is 1.88. The first kappa shape index (κ1) is 18.1. The van der Waals surface area contributed by atoms with E-state index in [1.165, 1.54) is 17.3 Å². The fraction of sp³-hybridized carbons (Fsp3) is 0.250. The van der Waals surface area contributed by atoms with E-state index in [2.05, 4.69) is 23.2 Å². The Bertz CT molecular complexity index is 1000. The molecule has 0 saturated carbocycles. The molecule has 0 aliphatic carbocycles. The molecule has 0 bridgehead atoms. The lowest BCUT2D eigenvalue weighted by atomic mass is 10.1. The van der Waals surface area contributed by atoms with E-state index < -0.39 is 0 Å². The number of benzene rings is 2. The van der Waals surface area contributed by atoms with Crippen LogP contribution in [-0.2, 0) is 18.3 Å². The summed E-state index contributed by atoms with van der Waals surface area (Å²) in [6.45, 7) is 2.08. The van der Waals surface area contributed by atoms with E-state index in [0.717, 1.165) is 17.7 Å². The summed E-state index contributed by atoms with van der Waals surface area (Å²) in [5, 5.41) is 9.82. The number of carbonyl (C=O) groups excluding carboxylic acids is 1. The Balaban J connectivity index is 1.50. The Hall–Kier alpha value is -2.31. The highest BCUT2D eigenvalue weighted by molar-refractivity contribution is 7.99. The highest BCUT2D eigenvalue weighted by Crippen LogP contribution is 2.33. The van der Waals surface area contributed by atoms with Crippen LogP contribution in [0.15, 0.2) is 53.7 Å². The van der Waals surface area contributed by atoms with Gasteiger partial charge in [-0.3, -0.25) is 4.79 Å². The van der Waals surface area contributed by atoms with Crippen molar-refractivity contribution in [2.75, 3.05) is 10.7 Å². The van der Waals surface area contributed by atoms with E-state index in [1.807, 2.05) is 59.0 Å². The summed E-state index contributed by atoms with van der Waals surface area (Å²) in [5.74, 6) is 1.09. The average molecular weight is 399 g/mol. The van der Waals surface area contributed by atoms with Crippen molar-refractivity contribution in [3.05, 3.63) is 59.1 Å². The van der Waals surface area contributed by atoms with Crippen LogP contribution in [0, 0.1) is 0 Å². The zero-order chi connectivity index (χ0) is 19.0. The molecule has 2 aromatic carbocycles. The predicted molar refractivity (Wildman–Crippen MR) is 109 cm³/mol. The van der Waals surface area contributed by atoms with Gasteiger partial charge in [-0.05, 0) is 37.1 Å². The summed E-state index contributed by atoms with van der Waals surface area (Å²) in [7, 11) is 1.89. The van der Waals surface area contributed by atoms with E-state index in [9.17, 15) is 4.79 Å². The van der Waals surface area contributed by atoms with E-state index in [1.54, 1.807) is 0 Å². The molecule has 0 spiro atoms. The number of fused-ring (bicyclic) bond motifs is 1. The topological polar surface area (TPSA) is 51.0 Å². The smallest absolute Gasteiger partial charge is 0.237 e. The number of nitrogens with zero attached hydrogens (tertiary/aromatic N) is 4. The first-order valence-electron chi connectivity index (χ1n) is 8.73. The zero-order valence-corrected chi connectivity index (χ0v) is 16.7. The van der Waals surface area contributed by atoms with Gasteiger partial charge in [0.2, 0.25) is 5.91 Å². The van der Waals surface area contributed by atoms with Crippen LogP contribution in [0.4, 0.5) is 5.69 Å². The molecule has 0 N–H and O–H groups in total. The number of anilines is 1. The third-order valence-electron chi connectivity index (χ3n) is 4.75. The second-order valence-corrected chi connectivity index (χ2v) is 7.93. The number of carbonyl (C=O) groups is 1. The number of rotatable bonds is 4. The molecule has 3 aromatic rings. The van der Waals surface area contributed by atoms with Gasteiger partial charge in [-0.15, -0.1) is 10.2 Å². The summed E-state index contributed by atoms with van der Waals surface area (Å²) in [5.41, 5.74) is 3.07. The Morgan fingerprint density at radius 1 is 1.19 bits per heavy atom. The van der Waals surface area contributed by atoms with Gasteiger partial charge in [0.05, 0.1) is 10.8 Å². The van der Waals surface area contributed by atoms with Gasteiger partial charge in [-0.2, -0.15) is 0 Å². The number of halogens is 1. The fourth-order valence-corrected chi connectivity index (χ4v) is 4.45. The standard InChI is InChI=1S/C20H19ClN4OS/c1-13-11-14-7-3-6-10-17(14)25(13)18(26)12-27-20-23-22-19(24(20)2)15-8-4-5-9-16(15)21/h3-10,13H,11-12H2,1-2H3/t13-/m0/s1. The zero-order valence-electron chi connectivity index (χ0n) is 15.1. The highest BCUT2D eigenvalue weighted by Gasteiger charge is 2.30. The van der Waals surface area contributed by atoms with Gasteiger partial charge in [0.25, 0.3) is 0 Å². The van der Waals surface area contributed by atoms with Crippen LogP contribution in [0.25, 0.3) is 11.4 Å². The second kappa shape index (κ2) is 7.37. The molecule has 27 heavy (non-hydrogen) atoms. The molecule has 1 amide bonds. The van der Waals surface area contributed by atoms with Crippen LogP contribution < -0.4 is 4.90 Å². The van der Waals surface area contributed by atoms with Gasteiger partial charge in [-0.1, -0.05) is 53.7 Å². The quantitative estimate of drug-likeness (QED) is 0.618. The van der Waals surface area contributed by atoms with Crippen molar-refractivity contribution in [2.45, 2.75) is 24.5 Å². The van der Waals surface area contributed by atoms with Crippen LogP contribution in [0.1, 0.15) is 12.5 Å². The third kappa shape index (κ3) is 3.35. The van der Waals surface area contributed by atoms with Crippen LogP contribution in [-0.4, -0.2) is 32.5 Å². The molecule has 2 heterocycles. The van der Waals surface area contributed by atoms with Gasteiger partial charge >= 0.3 is 0 Å². The Morgan fingerprint density at radius 3 is 2.74 bits per heavy atom. The van der Waals surface area contributed by atoms with E-state index in [4.69, 9.17) is 11.6 Å². The number of thioether (sulfide) groups is 1. The number of hydrogen-bond donors (Lipinski definition) is 0. The van der Waals surface area contributed by atoms with Crippen molar-refractivity contribution in [1.82, 2.24) is 14.8 Å². The molecular weight excluding hydrogens is 380 g/mol. The maximum Gasteiger partial charge on any atom is 0.237 e. The maximum absolute atomic E-state index is 12.9. The lowest BCUT2D eigenvalue weighted by Gasteiger charge is -2.22. The van der Waals surface area contributed by atoms with Crippen LogP contribution in [0.3, 0.4) is 0 Å². The fourth-order valence-electron chi connectivity index (χ4n) is 3.46. The van der Waals surface area contributed by atoms with Crippen molar-refractivity contribution in [3.63, 3.8) is 0 Å². The van der Waals surface area contributed by atoms with Gasteiger partial charge in [0, 0.05) is 24.3 Å². The second-order valence-electron chi connectivity index (χ2n) is 6.58. The minimum atomic E-state index is 0.0831. The van der Waals surface area contributed by atoms with Crippen molar-refractivity contribution < 1.29 is 4.79 Å². The van der Waals surface area contributed by atoms with Crippen molar-refractivity contribution >= 4 is 35.0 Å². The van der Waals surface area contributed by atoms with Gasteiger partial charge in [0.15, 0.2) is 11.0 Å². The summed E-state index contributed by atoms with van der Waals surface area (Å²) in [4.78, 5) is 14.8. The molecule has 4 rings (SSSR count). The van der Waals surface area contributed by atoms with Gasteiger partial charge < -0.3 is 9.47 Å². The van der Waals surface area contributed by atoms with Crippen molar-refractivity contribution in [1.29, 1.82) is 0 Å². The van der Waals surface area contributed by atoms with Crippen molar-refractivity contribution in [2.24, 2.45) is 7.05 Å². The van der Waals surface area contributed by atoms with E-state index in [-0.39, 0.29) is 11.9 Å². The molecule has 0 saturated heterocycles. The first-order valence-corrected chi connectivity index (χ1v) is 10.1. The Labute approximate surface area is 167 Å². The molecule has 0 unspecified atom stereocenters. The van der Waals surface area contributed by atoms with E-state index >= 15 is 0 Å². The molecule has 1 aliphatic heterocycles. The molecular formula is C20H19ClN4OS. The number of aromatic nitrogens is 3. The minimum Gasteiger partial charge on any atom is -0.308 e. The lowest BCUT2D eigenvalue weighted by molar-refractivity contribution is -0.116. The Kier molecular flexibility index (Phi) is 4.93. The summed E-state index contributed by atoms with van der Waals surface area (Å²) >= 11 is 7.66. The Morgan fingerprint density at radius 2 is 1.93 bits per heavy atom. The molecule has 5 nitrogen and oxygen atoms in total. The molecule has 0 fully saturated rings. The SMILES string of the molecule is C[C@H]1Cc2ccccc2N1C(=O)CSc1nnc(-c2ccccc2Cl)n1C. The number of para-hydroxylation sites is 1. The van der Waals surface area contributed by atoms with E-state index in [0.29, 0.717) is 21.8 Å². The monoisotopic (exact) mass is 398 g/mol. The molecule has 0 radical (unpaired) electrons. The molecule has 1 aliphatic rings. The van der Waals surface area contributed by atoms with Crippen molar-refractivity contribution in [3.8, 4) is 11.4 Å². The molecule has 7 heteroatoms. The predicted octanol–water partition coefficient (Wildman–Crippen LogP) is 4.21. The number of amides is 1. The minimum absolute atomic E-state index is 0.0831. The average Bonchev–Trinajstić information content (AvgIpc) is 3.19. The number of hydrogen-bond acceptors (Lipinski definition) is 4.